The Hall–Kier alpha value is -5.28. The number of rotatable bonds is 30. The predicted octanol–water partition coefficient (Wildman–Crippen LogP) is 20.3. The third-order valence-corrected chi connectivity index (χ3v) is 17.8. The molecule has 0 aliphatic carbocycles. The molecule has 6 heterocycles. The summed E-state index contributed by atoms with van der Waals surface area (Å²) in [6.45, 7) is 18.3. The molecule has 2 aliphatic heterocycles. The topological polar surface area (TPSA) is 109 Å². The Kier molecular flexibility index (Phi) is 20.2. The van der Waals surface area contributed by atoms with Crippen LogP contribution in [0.1, 0.15) is 239 Å². The summed E-state index contributed by atoms with van der Waals surface area (Å²) in [5.74, 6) is 2.99. The molecule has 0 amide bonds. The molecule has 7 aromatic rings. The molecule has 9 rings (SSSR count). The largest absolute Gasteiger partial charge is 0.324 e. The Morgan fingerprint density at radius 1 is 0.286 bits per heavy atom. The lowest BCUT2D eigenvalue weighted by Gasteiger charge is -2.13. The number of nitrogens with zero attached hydrogens (tertiary/aromatic N) is 6. The molecule has 0 atom stereocenters. The standard InChI is InChI=1S/C68H92N8S/c1-9-15-21-27-33-47-39-41-49(35-29-23-17-11-3)57-55(47)63-70-61-53-45(7)77-46(8)54(53)62(69-61)71-64-56-48(34-28-22-16-10-2)40-42-50(36-30-24-18-12-4)58(56)66(73-64)75-68-60-52(38-32-26-20-14-6)44-43-51(37-31-25-19-13-5)59(60)67(76-68)74-65(57)72-63/h39-44H,9-38H2,1-8H3,(H2,69,70,71,72,73,74,75,76). The molecule has 410 valence electrons. The maximum absolute atomic E-state index is 5.89. The Morgan fingerprint density at radius 3 is 0.779 bits per heavy atom. The third kappa shape index (κ3) is 12.8. The monoisotopic (exact) mass is 1050 g/mol. The first-order valence-electron chi connectivity index (χ1n) is 31.2. The lowest BCUT2D eigenvalue weighted by molar-refractivity contribution is 0.664. The van der Waals surface area contributed by atoms with E-state index in [-0.39, 0.29) is 0 Å². The van der Waals surface area contributed by atoms with Gasteiger partial charge in [-0.05, 0) is 124 Å². The van der Waals surface area contributed by atoms with E-state index in [1.165, 1.54) is 191 Å². The van der Waals surface area contributed by atoms with Crippen molar-refractivity contribution in [3.05, 3.63) is 79.5 Å². The Balaban J connectivity index is 1.44. The number of aromatic nitrogens is 8. The second kappa shape index (κ2) is 27.5. The number of hydrogen-bond donors (Lipinski definition) is 2. The lowest BCUT2D eigenvalue weighted by Crippen LogP contribution is -1.98. The molecule has 0 fully saturated rings. The van der Waals surface area contributed by atoms with Crippen molar-refractivity contribution in [2.45, 2.75) is 248 Å². The van der Waals surface area contributed by atoms with E-state index in [0.29, 0.717) is 0 Å². The van der Waals surface area contributed by atoms with Crippen molar-refractivity contribution in [2.75, 3.05) is 0 Å². The number of thiophene rings is 1. The third-order valence-electron chi connectivity index (χ3n) is 16.8. The fourth-order valence-electron chi connectivity index (χ4n) is 12.6. The number of unbranched alkanes of at least 4 members (excludes halogenated alkanes) is 18. The Morgan fingerprint density at radius 2 is 0.519 bits per heavy atom. The predicted molar refractivity (Wildman–Crippen MR) is 330 cm³/mol. The molecule has 0 saturated carbocycles. The van der Waals surface area contributed by atoms with E-state index in [2.05, 4.69) is 102 Å². The maximum Gasteiger partial charge on any atom is 0.165 e. The SMILES string of the molecule is CCCCCCc1ccc(CCCCCC)c2c1-c1nc-2nc2[nH]c(nc3nc(nc4[nH]c(n1)c1c(CCCCCC)ccc(CCCCCC)c41)-c1c(C)sc(C)c1-3)c1c(CCCCCC)ccc(CCCCCC)c21. The van der Waals surface area contributed by atoms with Crippen molar-refractivity contribution in [2.24, 2.45) is 0 Å². The van der Waals surface area contributed by atoms with Crippen molar-refractivity contribution in [3.8, 4) is 45.6 Å². The first-order valence-corrected chi connectivity index (χ1v) is 32.0. The van der Waals surface area contributed by atoms with Gasteiger partial charge in [-0.25, -0.2) is 29.9 Å². The molecule has 0 unspecified atom stereocenters. The zero-order chi connectivity index (χ0) is 53.7. The van der Waals surface area contributed by atoms with Crippen molar-refractivity contribution in [1.29, 1.82) is 0 Å². The number of fused-ring (bicyclic) bond motifs is 20. The minimum atomic E-state index is 0.728. The van der Waals surface area contributed by atoms with Crippen LogP contribution in [-0.4, -0.2) is 39.9 Å². The number of aromatic amines is 2. The molecule has 2 N–H and O–H groups in total. The fourth-order valence-corrected chi connectivity index (χ4v) is 13.6. The molecule has 4 aromatic heterocycles. The van der Waals surface area contributed by atoms with E-state index >= 15 is 0 Å². The van der Waals surface area contributed by atoms with Gasteiger partial charge in [0.1, 0.15) is 22.6 Å². The normalized spacial score (nSPS) is 12.2. The molecule has 9 heteroatoms. The van der Waals surface area contributed by atoms with Crippen LogP contribution in [0.2, 0.25) is 0 Å². The van der Waals surface area contributed by atoms with Crippen LogP contribution >= 0.6 is 11.3 Å². The second-order valence-corrected chi connectivity index (χ2v) is 24.3. The summed E-state index contributed by atoms with van der Waals surface area (Å²) in [5, 5.41) is 4.76. The van der Waals surface area contributed by atoms with Crippen molar-refractivity contribution in [1.82, 2.24) is 39.9 Å². The summed E-state index contributed by atoms with van der Waals surface area (Å²) in [6.07, 6.45) is 34.7. The summed E-state index contributed by atoms with van der Waals surface area (Å²) < 4.78 is 0. The molecule has 0 radical (unpaired) electrons. The van der Waals surface area contributed by atoms with E-state index in [0.717, 1.165) is 134 Å². The zero-order valence-electron chi connectivity index (χ0n) is 48.8. The van der Waals surface area contributed by atoms with Crippen molar-refractivity contribution in [3.63, 3.8) is 0 Å². The van der Waals surface area contributed by atoms with Gasteiger partial charge in [-0.1, -0.05) is 194 Å². The van der Waals surface area contributed by atoms with Gasteiger partial charge in [0.2, 0.25) is 0 Å². The van der Waals surface area contributed by atoms with E-state index < -0.39 is 0 Å². The van der Waals surface area contributed by atoms with Crippen LogP contribution in [0.3, 0.4) is 0 Å². The van der Waals surface area contributed by atoms with E-state index in [4.69, 9.17) is 29.9 Å². The smallest absolute Gasteiger partial charge is 0.165 e. The first kappa shape index (κ1) is 56.4. The molecule has 0 spiro atoms. The molecule has 0 saturated heterocycles. The zero-order valence-corrected chi connectivity index (χ0v) is 49.6. The van der Waals surface area contributed by atoms with Gasteiger partial charge in [-0.3, -0.25) is 0 Å². The molecule has 8 nitrogen and oxygen atoms in total. The fraction of sp³-hybridized carbons (Fsp3) is 0.559. The average molecular weight is 1050 g/mol. The van der Waals surface area contributed by atoms with Crippen LogP contribution < -0.4 is 0 Å². The van der Waals surface area contributed by atoms with Crippen LogP contribution in [0, 0.1) is 13.8 Å². The summed E-state index contributed by atoms with van der Waals surface area (Å²) in [5.41, 5.74) is 15.9. The number of nitrogens with one attached hydrogen (secondary N) is 2. The summed E-state index contributed by atoms with van der Waals surface area (Å²) in [7, 11) is 0. The minimum Gasteiger partial charge on any atom is -0.324 e. The number of hydrogen-bond acceptors (Lipinski definition) is 7. The number of H-pyrrole nitrogens is 2. The van der Waals surface area contributed by atoms with Gasteiger partial charge in [0.05, 0.1) is 0 Å². The number of benzene rings is 3. The summed E-state index contributed by atoms with van der Waals surface area (Å²) in [6, 6.07) is 14.5. The summed E-state index contributed by atoms with van der Waals surface area (Å²) in [4.78, 5) is 44.9. The molecule has 2 aliphatic rings. The first-order chi connectivity index (χ1) is 37.8. The highest BCUT2D eigenvalue weighted by atomic mass is 32.1. The van der Waals surface area contributed by atoms with Crippen molar-refractivity contribution >= 4 is 55.5 Å². The minimum absolute atomic E-state index is 0.728. The molecule has 8 bridgehead atoms. The van der Waals surface area contributed by atoms with Gasteiger partial charge >= 0.3 is 0 Å². The van der Waals surface area contributed by atoms with Crippen LogP contribution in [-0.2, 0) is 38.5 Å². The molecular weight excluding hydrogens is 961 g/mol. The molecule has 77 heavy (non-hydrogen) atoms. The molecule has 3 aromatic carbocycles. The highest BCUT2D eigenvalue weighted by Gasteiger charge is 2.30. The highest BCUT2D eigenvalue weighted by molar-refractivity contribution is 7.13. The second-order valence-electron chi connectivity index (χ2n) is 22.8. The number of aryl methyl sites for hydroxylation is 8. The lowest BCUT2D eigenvalue weighted by atomic mass is 9.91. The van der Waals surface area contributed by atoms with Crippen LogP contribution in [0.25, 0.3) is 89.7 Å². The van der Waals surface area contributed by atoms with Gasteiger partial charge in [-0.2, -0.15) is 0 Å². The Labute approximate surface area is 466 Å². The summed E-state index contributed by atoms with van der Waals surface area (Å²) >= 11 is 1.83. The quantitative estimate of drug-likeness (QED) is 0.0434. The highest BCUT2D eigenvalue weighted by Crippen LogP contribution is 2.46. The van der Waals surface area contributed by atoms with E-state index in [9.17, 15) is 0 Å². The van der Waals surface area contributed by atoms with Gasteiger partial charge in [0.15, 0.2) is 23.3 Å². The van der Waals surface area contributed by atoms with E-state index in [1.807, 2.05) is 11.3 Å². The van der Waals surface area contributed by atoms with Crippen LogP contribution in [0.5, 0.6) is 0 Å². The molecular formula is C68H92N8S. The van der Waals surface area contributed by atoms with E-state index in [1.54, 1.807) is 0 Å². The van der Waals surface area contributed by atoms with Crippen LogP contribution in [0.4, 0.5) is 0 Å². The van der Waals surface area contributed by atoms with Gasteiger partial charge in [0.25, 0.3) is 0 Å². The van der Waals surface area contributed by atoms with Gasteiger partial charge in [-0.15, -0.1) is 11.3 Å². The van der Waals surface area contributed by atoms with Crippen LogP contribution in [0.15, 0.2) is 36.4 Å². The maximum atomic E-state index is 5.89. The van der Waals surface area contributed by atoms with Gasteiger partial charge < -0.3 is 9.97 Å². The average Bonchev–Trinajstić information content (AvgIpc) is 4.27. The van der Waals surface area contributed by atoms with Gasteiger partial charge in [0, 0.05) is 53.6 Å². The Bertz CT molecular complexity index is 3070. The van der Waals surface area contributed by atoms with Crippen molar-refractivity contribution < 1.29 is 0 Å².